The highest BCUT2D eigenvalue weighted by molar-refractivity contribution is 5.97. The number of hydrogen-bond acceptors (Lipinski definition) is 3. The van der Waals surface area contributed by atoms with Crippen LogP contribution in [0.4, 0.5) is 16.2 Å². The lowest BCUT2D eigenvalue weighted by Crippen LogP contribution is -2.43. The standard InChI is InChI=1S/C22H31N3O3/c1-28-20-15-17(11-12-19(20)24-13-6-10-21(24)26)23-22(27)25-14-5-9-18(25)16-7-3-2-4-8-16/h11-12,15-16,18H,2-10,13-14H2,1H3,(H,23,27). The van der Waals surface area contributed by atoms with E-state index < -0.39 is 0 Å². The fourth-order valence-electron chi connectivity index (χ4n) is 5.13. The molecule has 3 aliphatic rings. The smallest absolute Gasteiger partial charge is 0.322 e. The van der Waals surface area contributed by atoms with Crippen molar-refractivity contribution in [2.24, 2.45) is 5.92 Å². The van der Waals surface area contributed by atoms with Crippen molar-refractivity contribution in [3.05, 3.63) is 18.2 Å². The van der Waals surface area contributed by atoms with Gasteiger partial charge in [-0.15, -0.1) is 0 Å². The van der Waals surface area contributed by atoms with Crippen molar-refractivity contribution >= 4 is 23.3 Å². The van der Waals surface area contributed by atoms with Gasteiger partial charge >= 0.3 is 6.03 Å². The second kappa shape index (κ2) is 8.41. The van der Waals surface area contributed by atoms with E-state index in [2.05, 4.69) is 5.32 Å². The molecule has 1 N–H and O–H groups in total. The Morgan fingerprint density at radius 2 is 1.89 bits per heavy atom. The second-order valence-electron chi connectivity index (χ2n) is 8.27. The van der Waals surface area contributed by atoms with E-state index in [0.717, 1.165) is 38.0 Å². The van der Waals surface area contributed by atoms with E-state index in [1.165, 1.54) is 32.1 Å². The maximum absolute atomic E-state index is 13.0. The van der Waals surface area contributed by atoms with Crippen LogP contribution in [-0.4, -0.2) is 43.1 Å². The molecule has 1 aromatic rings. The molecule has 3 fully saturated rings. The van der Waals surface area contributed by atoms with Crippen molar-refractivity contribution in [2.75, 3.05) is 30.4 Å². The Morgan fingerprint density at radius 1 is 1.07 bits per heavy atom. The van der Waals surface area contributed by atoms with Crippen LogP contribution in [0.1, 0.15) is 57.8 Å². The number of amides is 3. The van der Waals surface area contributed by atoms with E-state index in [4.69, 9.17) is 4.74 Å². The van der Waals surface area contributed by atoms with Gasteiger partial charge in [0.2, 0.25) is 5.91 Å². The number of ether oxygens (including phenoxy) is 1. The number of rotatable bonds is 4. The minimum Gasteiger partial charge on any atom is -0.494 e. The molecule has 1 atom stereocenters. The van der Waals surface area contributed by atoms with Gasteiger partial charge < -0.3 is 19.9 Å². The van der Waals surface area contributed by atoms with Crippen molar-refractivity contribution in [1.29, 1.82) is 0 Å². The summed E-state index contributed by atoms with van der Waals surface area (Å²) >= 11 is 0. The molecule has 0 bridgehead atoms. The average Bonchev–Trinajstić information content (AvgIpc) is 3.38. The molecule has 3 amide bonds. The molecule has 1 unspecified atom stereocenters. The first-order chi connectivity index (χ1) is 13.7. The average molecular weight is 386 g/mol. The maximum Gasteiger partial charge on any atom is 0.322 e. The summed E-state index contributed by atoms with van der Waals surface area (Å²) in [5, 5.41) is 3.06. The summed E-state index contributed by atoms with van der Waals surface area (Å²) < 4.78 is 5.51. The summed E-state index contributed by atoms with van der Waals surface area (Å²) in [4.78, 5) is 28.8. The van der Waals surface area contributed by atoms with E-state index >= 15 is 0 Å². The molecular weight excluding hydrogens is 354 g/mol. The summed E-state index contributed by atoms with van der Waals surface area (Å²) in [5.74, 6) is 1.40. The Labute approximate surface area is 167 Å². The minimum absolute atomic E-state index is 0.0138. The fraction of sp³-hybridized carbons (Fsp3) is 0.636. The molecule has 1 saturated carbocycles. The molecule has 152 valence electrons. The van der Waals surface area contributed by atoms with Crippen LogP contribution in [-0.2, 0) is 4.79 Å². The van der Waals surface area contributed by atoms with Crippen LogP contribution in [0.3, 0.4) is 0 Å². The van der Waals surface area contributed by atoms with Crippen LogP contribution < -0.4 is 15.0 Å². The predicted molar refractivity (Wildman–Crippen MR) is 110 cm³/mol. The lowest BCUT2D eigenvalue weighted by atomic mass is 9.83. The van der Waals surface area contributed by atoms with Crippen molar-refractivity contribution in [3.63, 3.8) is 0 Å². The first-order valence-electron chi connectivity index (χ1n) is 10.7. The zero-order valence-electron chi connectivity index (χ0n) is 16.8. The van der Waals surface area contributed by atoms with Crippen LogP contribution in [0.5, 0.6) is 5.75 Å². The molecule has 6 nitrogen and oxygen atoms in total. The summed E-state index contributed by atoms with van der Waals surface area (Å²) in [5.41, 5.74) is 1.50. The number of urea groups is 1. The van der Waals surface area contributed by atoms with Gasteiger partial charge in [0, 0.05) is 37.3 Å². The van der Waals surface area contributed by atoms with Crippen LogP contribution in [0.15, 0.2) is 18.2 Å². The number of benzene rings is 1. The Hall–Kier alpha value is -2.24. The third kappa shape index (κ3) is 3.82. The highest BCUT2D eigenvalue weighted by Gasteiger charge is 2.35. The van der Waals surface area contributed by atoms with Crippen LogP contribution in [0.25, 0.3) is 0 Å². The molecule has 1 aromatic carbocycles. The number of nitrogens with zero attached hydrogens (tertiary/aromatic N) is 2. The Kier molecular flexibility index (Phi) is 5.74. The molecular formula is C22H31N3O3. The molecule has 0 spiro atoms. The molecule has 28 heavy (non-hydrogen) atoms. The zero-order valence-corrected chi connectivity index (χ0v) is 16.8. The van der Waals surface area contributed by atoms with E-state index in [9.17, 15) is 9.59 Å². The molecule has 6 heteroatoms. The Bertz CT molecular complexity index is 730. The van der Waals surface area contributed by atoms with E-state index in [-0.39, 0.29) is 11.9 Å². The molecule has 1 aliphatic carbocycles. The number of carbonyl (C=O) groups excluding carboxylic acids is 2. The van der Waals surface area contributed by atoms with Gasteiger partial charge in [-0.25, -0.2) is 4.79 Å². The summed E-state index contributed by atoms with van der Waals surface area (Å²) in [7, 11) is 1.60. The van der Waals surface area contributed by atoms with Crippen LogP contribution in [0.2, 0.25) is 0 Å². The second-order valence-corrected chi connectivity index (χ2v) is 8.27. The van der Waals surface area contributed by atoms with E-state index in [0.29, 0.717) is 29.8 Å². The molecule has 2 heterocycles. The number of methoxy groups -OCH3 is 1. The minimum atomic E-state index is -0.0138. The van der Waals surface area contributed by atoms with Crippen LogP contribution >= 0.6 is 0 Å². The fourth-order valence-corrected chi connectivity index (χ4v) is 5.13. The number of hydrogen-bond donors (Lipinski definition) is 1. The third-order valence-corrected chi connectivity index (χ3v) is 6.55. The van der Waals surface area contributed by atoms with Gasteiger partial charge in [0.1, 0.15) is 5.75 Å². The first kappa shape index (κ1) is 19.1. The number of nitrogens with one attached hydrogen (secondary N) is 1. The normalized spacial score (nSPS) is 23.3. The van der Waals surface area contributed by atoms with Crippen molar-refractivity contribution in [1.82, 2.24) is 4.90 Å². The summed E-state index contributed by atoms with van der Waals surface area (Å²) in [6, 6.07) is 5.93. The third-order valence-electron chi connectivity index (χ3n) is 6.55. The molecule has 4 rings (SSSR count). The van der Waals surface area contributed by atoms with Gasteiger partial charge in [-0.3, -0.25) is 4.79 Å². The van der Waals surface area contributed by atoms with Gasteiger partial charge in [-0.05, 0) is 50.2 Å². The summed E-state index contributed by atoms with van der Waals surface area (Å²) in [6.45, 7) is 1.56. The van der Waals surface area contributed by atoms with Crippen molar-refractivity contribution in [2.45, 2.75) is 63.8 Å². The van der Waals surface area contributed by atoms with E-state index in [1.807, 2.05) is 23.1 Å². The van der Waals surface area contributed by atoms with Gasteiger partial charge in [0.05, 0.1) is 12.8 Å². The van der Waals surface area contributed by atoms with Gasteiger partial charge in [-0.1, -0.05) is 19.3 Å². The van der Waals surface area contributed by atoms with Crippen molar-refractivity contribution < 1.29 is 14.3 Å². The Morgan fingerprint density at radius 3 is 2.61 bits per heavy atom. The van der Waals surface area contributed by atoms with Gasteiger partial charge in [-0.2, -0.15) is 0 Å². The predicted octanol–water partition coefficient (Wildman–Crippen LogP) is 4.40. The molecule has 2 saturated heterocycles. The largest absolute Gasteiger partial charge is 0.494 e. The van der Waals surface area contributed by atoms with Crippen molar-refractivity contribution in [3.8, 4) is 5.75 Å². The first-order valence-corrected chi connectivity index (χ1v) is 10.7. The number of carbonyl (C=O) groups is 2. The molecule has 0 radical (unpaired) electrons. The quantitative estimate of drug-likeness (QED) is 0.836. The SMILES string of the molecule is COc1cc(NC(=O)N2CCCC2C2CCCCC2)ccc1N1CCCC1=O. The summed E-state index contributed by atoms with van der Waals surface area (Å²) in [6.07, 6.45) is 10.1. The highest BCUT2D eigenvalue weighted by Crippen LogP contribution is 2.36. The zero-order chi connectivity index (χ0) is 19.5. The van der Waals surface area contributed by atoms with E-state index in [1.54, 1.807) is 12.0 Å². The lowest BCUT2D eigenvalue weighted by molar-refractivity contribution is -0.117. The van der Waals surface area contributed by atoms with Crippen LogP contribution in [0, 0.1) is 5.92 Å². The lowest BCUT2D eigenvalue weighted by Gasteiger charge is -2.34. The topological polar surface area (TPSA) is 61.9 Å². The number of anilines is 2. The molecule has 2 aliphatic heterocycles. The van der Waals surface area contributed by atoms with Gasteiger partial charge in [0.15, 0.2) is 0 Å². The maximum atomic E-state index is 13.0. The monoisotopic (exact) mass is 385 g/mol. The highest BCUT2D eigenvalue weighted by atomic mass is 16.5. The molecule has 0 aromatic heterocycles. The Balaban J connectivity index is 1.45. The number of likely N-dealkylation sites (tertiary alicyclic amines) is 1. The van der Waals surface area contributed by atoms with Gasteiger partial charge in [0.25, 0.3) is 0 Å².